The number of alkyl halides is 2. The highest BCUT2D eigenvalue weighted by atomic mass is 32.2. The molecule has 4 aromatic rings. The first-order chi connectivity index (χ1) is 14.3. The number of sulfonamides is 1. The van der Waals surface area contributed by atoms with Gasteiger partial charge in [0.2, 0.25) is 15.2 Å². The minimum atomic E-state index is -3.98. The van der Waals surface area contributed by atoms with E-state index in [4.69, 9.17) is 0 Å². The van der Waals surface area contributed by atoms with Gasteiger partial charge in [-0.25, -0.2) is 27.2 Å². The summed E-state index contributed by atoms with van der Waals surface area (Å²) < 4.78 is 55.6. The SMILES string of the molecule is N#CC1(NS(=O)(=O)c2ccc3c4cncnc4n(-c4nnc(C(F)F)s4)c3c2)CC1. The smallest absolute Gasteiger partial charge is 0.268 e. The van der Waals surface area contributed by atoms with Crippen LogP contribution in [0.3, 0.4) is 0 Å². The zero-order chi connectivity index (χ0) is 21.1. The summed E-state index contributed by atoms with van der Waals surface area (Å²) in [5, 5.41) is 17.5. The highest BCUT2D eigenvalue weighted by molar-refractivity contribution is 7.89. The summed E-state index contributed by atoms with van der Waals surface area (Å²) in [6.45, 7) is 0. The molecule has 1 aliphatic rings. The summed E-state index contributed by atoms with van der Waals surface area (Å²) in [6, 6.07) is 6.39. The number of halogens is 2. The maximum atomic E-state index is 13.0. The Balaban J connectivity index is 1.73. The lowest BCUT2D eigenvalue weighted by molar-refractivity contribution is 0.150. The van der Waals surface area contributed by atoms with Gasteiger partial charge in [0.15, 0.2) is 10.7 Å². The summed E-state index contributed by atoms with van der Waals surface area (Å²) in [5.74, 6) is 0. The second kappa shape index (κ2) is 6.46. The van der Waals surface area contributed by atoms with Crippen LogP contribution >= 0.6 is 11.3 Å². The molecule has 0 amide bonds. The van der Waals surface area contributed by atoms with Crippen molar-refractivity contribution in [2.45, 2.75) is 29.7 Å². The lowest BCUT2D eigenvalue weighted by Crippen LogP contribution is -2.35. The number of nitriles is 1. The molecular weight excluding hydrogens is 436 g/mol. The first kappa shape index (κ1) is 18.9. The summed E-state index contributed by atoms with van der Waals surface area (Å²) in [5.41, 5.74) is -0.292. The second-order valence-electron chi connectivity index (χ2n) is 6.80. The third kappa shape index (κ3) is 2.92. The van der Waals surface area contributed by atoms with E-state index in [0.717, 1.165) is 0 Å². The quantitative estimate of drug-likeness (QED) is 0.498. The Kier molecular flexibility index (Phi) is 4.07. The molecule has 0 radical (unpaired) electrons. The van der Waals surface area contributed by atoms with E-state index >= 15 is 0 Å². The van der Waals surface area contributed by atoms with Crippen molar-refractivity contribution in [3.05, 3.63) is 35.7 Å². The van der Waals surface area contributed by atoms with Gasteiger partial charge in [-0.1, -0.05) is 17.4 Å². The number of aromatic nitrogens is 5. The zero-order valence-corrected chi connectivity index (χ0v) is 16.6. The fraction of sp³-hybridized carbons (Fsp3) is 0.235. The molecule has 13 heteroatoms. The Labute approximate surface area is 172 Å². The summed E-state index contributed by atoms with van der Waals surface area (Å²) in [6.07, 6.45) is 0.969. The van der Waals surface area contributed by atoms with Crippen LogP contribution in [-0.2, 0) is 10.0 Å². The van der Waals surface area contributed by atoms with Gasteiger partial charge in [-0.15, -0.1) is 10.2 Å². The first-order valence-corrected chi connectivity index (χ1v) is 10.9. The van der Waals surface area contributed by atoms with Gasteiger partial charge in [-0.3, -0.25) is 4.57 Å². The van der Waals surface area contributed by atoms with Crippen LogP contribution in [0.1, 0.15) is 24.3 Å². The number of nitrogens with zero attached hydrogens (tertiary/aromatic N) is 6. The Morgan fingerprint density at radius 3 is 2.73 bits per heavy atom. The summed E-state index contributed by atoms with van der Waals surface area (Å²) in [7, 11) is -3.98. The third-order valence-corrected chi connectivity index (χ3v) is 7.27. The van der Waals surface area contributed by atoms with E-state index in [1.807, 2.05) is 6.07 Å². The van der Waals surface area contributed by atoms with E-state index < -0.39 is 27.0 Å². The van der Waals surface area contributed by atoms with Crippen LogP contribution in [0.25, 0.3) is 27.1 Å². The number of nitrogens with one attached hydrogen (secondary N) is 1. The molecule has 3 aromatic heterocycles. The molecule has 1 saturated carbocycles. The lowest BCUT2D eigenvalue weighted by Gasteiger charge is -2.10. The Morgan fingerprint density at radius 2 is 2.07 bits per heavy atom. The number of hydrogen-bond donors (Lipinski definition) is 1. The van der Waals surface area contributed by atoms with E-state index in [1.54, 1.807) is 12.3 Å². The molecule has 0 atom stereocenters. The molecule has 0 saturated heterocycles. The molecule has 0 spiro atoms. The molecule has 5 rings (SSSR count). The molecule has 1 N–H and O–H groups in total. The molecule has 9 nitrogen and oxygen atoms in total. The molecule has 30 heavy (non-hydrogen) atoms. The Hall–Kier alpha value is -3.08. The highest BCUT2D eigenvalue weighted by Crippen LogP contribution is 2.37. The lowest BCUT2D eigenvalue weighted by atomic mass is 10.2. The van der Waals surface area contributed by atoms with Crippen molar-refractivity contribution in [2.75, 3.05) is 0 Å². The van der Waals surface area contributed by atoms with E-state index in [2.05, 4.69) is 24.9 Å². The fourth-order valence-corrected chi connectivity index (χ4v) is 5.28. The molecule has 1 aromatic carbocycles. The normalized spacial score (nSPS) is 15.7. The van der Waals surface area contributed by atoms with Gasteiger partial charge in [-0.2, -0.15) is 9.98 Å². The van der Waals surface area contributed by atoms with Gasteiger partial charge in [0.05, 0.1) is 16.5 Å². The van der Waals surface area contributed by atoms with Crippen LogP contribution in [0.5, 0.6) is 0 Å². The largest absolute Gasteiger partial charge is 0.291 e. The number of fused-ring (bicyclic) bond motifs is 3. The van der Waals surface area contributed by atoms with Crippen molar-refractivity contribution in [2.24, 2.45) is 0 Å². The van der Waals surface area contributed by atoms with Gasteiger partial charge in [-0.05, 0) is 25.0 Å². The van der Waals surface area contributed by atoms with E-state index in [-0.39, 0.29) is 10.0 Å². The van der Waals surface area contributed by atoms with Crippen molar-refractivity contribution in [1.29, 1.82) is 5.26 Å². The van der Waals surface area contributed by atoms with Crippen LogP contribution in [-0.4, -0.2) is 38.7 Å². The van der Waals surface area contributed by atoms with Crippen molar-refractivity contribution in [3.8, 4) is 11.2 Å². The number of rotatable bonds is 5. The number of hydrogen-bond acceptors (Lipinski definition) is 8. The van der Waals surface area contributed by atoms with Crippen LogP contribution in [0.15, 0.2) is 35.6 Å². The third-order valence-electron chi connectivity index (χ3n) is 4.82. The van der Waals surface area contributed by atoms with Crippen molar-refractivity contribution < 1.29 is 17.2 Å². The monoisotopic (exact) mass is 447 g/mol. The van der Waals surface area contributed by atoms with Gasteiger partial charge in [0.1, 0.15) is 11.9 Å². The topological polar surface area (TPSA) is 126 Å². The fourth-order valence-electron chi connectivity index (χ4n) is 3.17. The van der Waals surface area contributed by atoms with Gasteiger partial charge >= 0.3 is 0 Å². The average molecular weight is 447 g/mol. The predicted octanol–water partition coefficient (Wildman–Crippen LogP) is 2.70. The molecule has 1 aliphatic carbocycles. The van der Waals surface area contributed by atoms with Gasteiger partial charge in [0, 0.05) is 17.0 Å². The first-order valence-electron chi connectivity index (χ1n) is 8.65. The van der Waals surface area contributed by atoms with E-state index in [0.29, 0.717) is 46.1 Å². The Morgan fingerprint density at radius 1 is 1.27 bits per heavy atom. The van der Waals surface area contributed by atoms with Crippen LogP contribution in [0, 0.1) is 11.3 Å². The molecular formula is C17H11F2N7O2S2. The minimum absolute atomic E-state index is 0.0628. The van der Waals surface area contributed by atoms with Crippen molar-refractivity contribution >= 4 is 43.3 Å². The van der Waals surface area contributed by atoms with Gasteiger partial charge in [0.25, 0.3) is 6.43 Å². The molecule has 0 bridgehead atoms. The second-order valence-corrected chi connectivity index (χ2v) is 9.47. The Bertz CT molecular complexity index is 1450. The molecule has 3 heterocycles. The summed E-state index contributed by atoms with van der Waals surface area (Å²) in [4.78, 5) is 8.15. The highest BCUT2D eigenvalue weighted by Gasteiger charge is 2.46. The standard InChI is InChI=1S/C17H11F2N7O2S2/c18-13(19)15-23-24-16(29-15)26-12-5-9(30(27,28)25-17(7-20)3-4-17)1-2-10(12)11-6-21-8-22-14(11)26/h1-2,5-6,8,13,25H,3-4H2. The van der Waals surface area contributed by atoms with E-state index in [1.165, 1.54) is 23.0 Å². The predicted molar refractivity (Wildman–Crippen MR) is 103 cm³/mol. The molecule has 152 valence electrons. The number of benzene rings is 1. The van der Waals surface area contributed by atoms with Crippen LogP contribution in [0.2, 0.25) is 0 Å². The van der Waals surface area contributed by atoms with E-state index in [9.17, 15) is 22.5 Å². The zero-order valence-electron chi connectivity index (χ0n) is 15.0. The molecule has 1 fully saturated rings. The van der Waals surface area contributed by atoms with Gasteiger partial charge < -0.3 is 0 Å². The van der Waals surface area contributed by atoms with Crippen molar-refractivity contribution in [1.82, 2.24) is 29.5 Å². The van der Waals surface area contributed by atoms with Crippen LogP contribution < -0.4 is 4.72 Å². The summed E-state index contributed by atoms with van der Waals surface area (Å²) >= 11 is 0.688. The molecule has 0 aliphatic heterocycles. The van der Waals surface area contributed by atoms with Crippen LogP contribution in [0.4, 0.5) is 8.78 Å². The molecule has 0 unspecified atom stereocenters. The minimum Gasteiger partial charge on any atom is -0.268 e. The maximum absolute atomic E-state index is 13.0. The average Bonchev–Trinajstić information content (AvgIpc) is 3.18. The maximum Gasteiger partial charge on any atom is 0.291 e. The van der Waals surface area contributed by atoms with Crippen molar-refractivity contribution in [3.63, 3.8) is 0 Å².